The van der Waals surface area contributed by atoms with Crippen LogP contribution >= 0.6 is 0 Å². The summed E-state index contributed by atoms with van der Waals surface area (Å²) in [6.45, 7) is 0. The zero-order valence-electron chi connectivity index (χ0n) is 22.5. The van der Waals surface area contributed by atoms with E-state index in [1.807, 2.05) is 97.1 Å². The zero-order valence-corrected chi connectivity index (χ0v) is 22.5. The SMILES string of the molecule is COC(=O)c1ccc(C=Cc2ccccc2-c2nnc(-c3ccccc3C=Cc3ccc(C(=O)OC)cc3)o2)cc1. The molecule has 202 valence electrons. The van der Waals surface area contributed by atoms with Gasteiger partial charge in [0.25, 0.3) is 0 Å². The van der Waals surface area contributed by atoms with Gasteiger partial charge in [0.2, 0.25) is 11.8 Å². The van der Waals surface area contributed by atoms with Gasteiger partial charge in [-0.2, -0.15) is 0 Å². The van der Waals surface area contributed by atoms with Gasteiger partial charge in [-0.05, 0) is 58.7 Å². The molecule has 7 nitrogen and oxygen atoms in total. The molecule has 41 heavy (non-hydrogen) atoms. The molecule has 0 aliphatic rings. The van der Waals surface area contributed by atoms with Gasteiger partial charge in [-0.3, -0.25) is 0 Å². The van der Waals surface area contributed by atoms with E-state index in [0.29, 0.717) is 22.9 Å². The number of nitrogens with zero attached hydrogens (tertiary/aromatic N) is 2. The summed E-state index contributed by atoms with van der Waals surface area (Å²) in [6, 6.07) is 29.9. The molecule has 5 aromatic rings. The lowest BCUT2D eigenvalue weighted by Crippen LogP contribution is -2.00. The lowest BCUT2D eigenvalue weighted by atomic mass is 10.0. The Morgan fingerprint density at radius 3 is 1.34 bits per heavy atom. The normalized spacial score (nSPS) is 11.2. The molecule has 0 radical (unpaired) electrons. The summed E-state index contributed by atoms with van der Waals surface area (Å²) in [5.41, 5.74) is 6.26. The largest absolute Gasteiger partial charge is 0.465 e. The fraction of sp³-hybridized carbons (Fsp3) is 0.0588. The van der Waals surface area contributed by atoms with Crippen molar-refractivity contribution in [1.82, 2.24) is 10.2 Å². The van der Waals surface area contributed by atoms with E-state index in [1.165, 1.54) is 14.2 Å². The highest BCUT2D eigenvalue weighted by atomic mass is 16.5. The van der Waals surface area contributed by atoms with Crippen molar-refractivity contribution in [3.8, 4) is 22.9 Å². The molecule has 1 heterocycles. The molecular weight excluding hydrogens is 516 g/mol. The second-order valence-corrected chi connectivity index (χ2v) is 8.98. The molecular formula is C34H26N2O5. The smallest absolute Gasteiger partial charge is 0.337 e. The third kappa shape index (κ3) is 6.37. The van der Waals surface area contributed by atoms with E-state index in [-0.39, 0.29) is 11.9 Å². The van der Waals surface area contributed by atoms with Crippen molar-refractivity contribution in [2.24, 2.45) is 0 Å². The van der Waals surface area contributed by atoms with E-state index in [1.54, 1.807) is 24.3 Å². The topological polar surface area (TPSA) is 91.5 Å². The van der Waals surface area contributed by atoms with Crippen LogP contribution in [0.5, 0.6) is 0 Å². The summed E-state index contributed by atoms with van der Waals surface area (Å²) in [7, 11) is 2.72. The zero-order chi connectivity index (χ0) is 28.6. The van der Waals surface area contributed by atoms with Crippen LogP contribution in [0.2, 0.25) is 0 Å². The average Bonchev–Trinajstić information content (AvgIpc) is 3.53. The number of hydrogen-bond acceptors (Lipinski definition) is 7. The maximum atomic E-state index is 11.7. The van der Waals surface area contributed by atoms with Crippen LogP contribution in [0.1, 0.15) is 43.0 Å². The Morgan fingerprint density at radius 2 is 0.951 bits per heavy atom. The quantitative estimate of drug-likeness (QED) is 0.150. The Balaban J connectivity index is 1.38. The number of ether oxygens (including phenoxy) is 2. The van der Waals surface area contributed by atoms with Gasteiger partial charge in [-0.25, -0.2) is 9.59 Å². The van der Waals surface area contributed by atoms with Crippen molar-refractivity contribution in [2.75, 3.05) is 14.2 Å². The van der Waals surface area contributed by atoms with Gasteiger partial charge in [0, 0.05) is 11.1 Å². The third-order valence-corrected chi connectivity index (χ3v) is 6.38. The van der Waals surface area contributed by atoms with Crippen LogP contribution in [-0.2, 0) is 9.47 Å². The van der Waals surface area contributed by atoms with Crippen molar-refractivity contribution in [2.45, 2.75) is 0 Å². The van der Waals surface area contributed by atoms with Crippen LogP contribution in [0.25, 0.3) is 47.2 Å². The van der Waals surface area contributed by atoms with Crippen LogP contribution < -0.4 is 0 Å². The Bertz CT molecular complexity index is 1600. The molecule has 0 unspecified atom stereocenters. The lowest BCUT2D eigenvalue weighted by Gasteiger charge is -2.03. The monoisotopic (exact) mass is 542 g/mol. The molecule has 0 atom stereocenters. The van der Waals surface area contributed by atoms with Crippen LogP contribution in [0, 0.1) is 0 Å². The van der Waals surface area contributed by atoms with Crippen LogP contribution in [0.4, 0.5) is 0 Å². The van der Waals surface area contributed by atoms with Gasteiger partial charge in [0.05, 0.1) is 25.3 Å². The maximum absolute atomic E-state index is 11.7. The highest BCUT2D eigenvalue weighted by Gasteiger charge is 2.15. The molecule has 0 bridgehead atoms. The van der Waals surface area contributed by atoms with Crippen LogP contribution in [0.3, 0.4) is 0 Å². The minimum atomic E-state index is -0.371. The number of esters is 2. The fourth-order valence-corrected chi connectivity index (χ4v) is 4.18. The minimum Gasteiger partial charge on any atom is -0.465 e. The van der Waals surface area contributed by atoms with Crippen molar-refractivity contribution in [1.29, 1.82) is 0 Å². The summed E-state index contributed by atoms with van der Waals surface area (Å²) in [5, 5.41) is 8.69. The highest BCUT2D eigenvalue weighted by molar-refractivity contribution is 5.90. The van der Waals surface area contributed by atoms with Crippen molar-refractivity contribution in [3.63, 3.8) is 0 Å². The summed E-state index contributed by atoms with van der Waals surface area (Å²) in [4.78, 5) is 23.4. The summed E-state index contributed by atoms with van der Waals surface area (Å²) < 4.78 is 15.7. The van der Waals surface area contributed by atoms with Crippen LogP contribution in [-0.4, -0.2) is 36.4 Å². The number of benzene rings is 4. The molecule has 0 fully saturated rings. The molecule has 1 aromatic heterocycles. The molecule has 5 rings (SSSR count). The van der Waals surface area contributed by atoms with Gasteiger partial charge < -0.3 is 13.9 Å². The molecule has 0 N–H and O–H groups in total. The van der Waals surface area contributed by atoms with Gasteiger partial charge in [-0.1, -0.05) is 85.0 Å². The Labute approximate surface area is 237 Å². The first-order valence-corrected chi connectivity index (χ1v) is 12.8. The van der Waals surface area contributed by atoms with Gasteiger partial charge in [0.1, 0.15) is 0 Å². The Morgan fingerprint density at radius 1 is 0.561 bits per heavy atom. The highest BCUT2D eigenvalue weighted by Crippen LogP contribution is 2.30. The maximum Gasteiger partial charge on any atom is 0.337 e. The van der Waals surface area contributed by atoms with Crippen molar-refractivity contribution < 1.29 is 23.5 Å². The number of hydrogen-bond donors (Lipinski definition) is 0. The summed E-state index contributed by atoms with van der Waals surface area (Å²) in [6.07, 6.45) is 7.84. The summed E-state index contributed by atoms with van der Waals surface area (Å²) in [5.74, 6) is 0.0609. The molecule has 0 spiro atoms. The second kappa shape index (κ2) is 12.5. The van der Waals surface area contributed by atoms with Crippen molar-refractivity contribution in [3.05, 3.63) is 130 Å². The van der Waals surface area contributed by atoms with Crippen LogP contribution in [0.15, 0.2) is 101 Å². The lowest BCUT2D eigenvalue weighted by molar-refractivity contribution is 0.0592. The molecule has 0 saturated carbocycles. The van der Waals surface area contributed by atoms with E-state index in [0.717, 1.165) is 33.4 Å². The molecule has 4 aromatic carbocycles. The second-order valence-electron chi connectivity index (χ2n) is 8.98. The predicted octanol–water partition coefficient (Wildman–Crippen LogP) is 7.32. The third-order valence-electron chi connectivity index (χ3n) is 6.38. The predicted molar refractivity (Wildman–Crippen MR) is 159 cm³/mol. The molecule has 0 aliphatic heterocycles. The first-order chi connectivity index (χ1) is 20.1. The first-order valence-electron chi connectivity index (χ1n) is 12.8. The van der Waals surface area contributed by atoms with Gasteiger partial charge in [0.15, 0.2) is 0 Å². The van der Waals surface area contributed by atoms with E-state index >= 15 is 0 Å². The van der Waals surface area contributed by atoms with Gasteiger partial charge >= 0.3 is 11.9 Å². The first kappa shape index (κ1) is 27.0. The minimum absolute atomic E-state index is 0.371. The van der Waals surface area contributed by atoms with E-state index in [4.69, 9.17) is 13.9 Å². The number of carbonyl (C=O) groups excluding carboxylic acids is 2. The van der Waals surface area contributed by atoms with Crippen molar-refractivity contribution >= 4 is 36.2 Å². The van der Waals surface area contributed by atoms with E-state index in [2.05, 4.69) is 10.2 Å². The Kier molecular flexibility index (Phi) is 8.26. The number of rotatable bonds is 8. The molecule has 0 amide bonds. The molecule has 7 heteroatoms. The number of carbonyl (C=O) groups is 2. The van der Waals surface area contributed by atoms with E-state index in [9.17, 15) is 9.59 Å². The molecule has 0 aliphatic carbocycles. The fourth-order valence-electron chi connectivity index (χ4n) is 4.18. The van der Waals surface area contributed by atoms with E-state index < -0.39 is 0 Å². The average molecular weight is 543 g/mol. The molecule has 0 saturated heterocycles. The number of methoxy groups -OCH3 is 2. The standard InChI is InChI=1S/C34H26N2O5/c1-39-33(37)27-19-13-23(14-20-27)11-17-25-7-3-5-9-29(25)31-35-36-32(41-31)30-10-6-4-8-26(30)18-12-24-15-21-28(22-16-24)34(38)40-2/h3-22H,1-2H3. The van der Waals surface area contributed by atoms with Gasteiger partial charge in [-0.15, -0.1) is 10.2 Å². The Hall–Kier alpha value is -5.56. The number of aromatic nitrogens is 2. The summed E-state index contributed by atoms with van der Waals surface area (Å²) >= 11 is 0.